The zero-order chi connectivity index (χ0) is 20.9. The first-order valence-electron chi connectivity index (χ1n) is 7.62. The maximum absolute atomic E-state index is 12.7. The highest BCUT2D eigenvalue weighted by Gasteiger charge is 2.52. The van der Waals surface area contributed by atoms with Gasteiger partial charge in [-0.3, -0.25) is 0 Å². The topological polar surface area (TPSA) is 43.4 Å². The third kappa shape index (κ3) is 7.43. The average molecular weight is 408 g/mol. The van der Waals surface area contributed by atoms with Crippen LogP contribution in [-0.2, 0) is 10.5 Å². The van der Waals surface area contributed by atoms with Crippen molar-refractivity contribution in [1.82, 2.24) is 0 Å². The van der Waals surface area contributed by atoms with Crippen LogP contribution >= 0.6 is 0 Å². The summed E-state index contributed by atoms with van der Waals surface area (Å²) in [6.45, 7) is 5.26. The van der Waals surface area contributed by atoms with Gasteiger partial charge < -0.3 is 4.18 Å². The van der Waals surface area contributed by atoms with Crippen molar-refractivity contribution in [3.05, 3.63) is 29.3 Å². The summed E-state index contributed by atoms with van der Waals surface area (Å²) in [5, 5.41) is 0. The Morgan fingerprint density at radius 1 is 1.00 bits per heavy atom. The molecule has 0 fully saturated rings. The summed E-state index contributed by atoms with van der Waals surface area (Å²) in [6.07, 6.45) is 0. The van der Waals surface area contributed by atoms with Gasteiger partial charge in [0.25, 0.3) is 0 Å². The van der Waals surface area contributed by atoms with Crippen LogP contribution in [0, 0.1) is 0 Å². The van der Waals surface area contributed by atoms with E-state index in [0.29, 0.717) is 11.1 Å². The Morgan fingerprint density at radius 3 is 1.58 bits per heavy atom. The number of benzene rings is 1. The van der Waals surface area contributed by atoms with Gasteiger partial charge in [-0.1, -0.05) is 49.8 Å². The highest BCUT2D eigenvalue weighted by molar-refractivity contribution is 7.81. The number of para-hydroxylation sites is 1. The quantitative estimate of drug-likeness (QED) is 0.443. The van der Waals surface area contributed by atoms with Crippen LogP contribution in [0.15, 0.2) is 18.2 Å². The second-order valence-electron chi connectivity index (χ2n) is 6.28. The van der Waals surface area contributed by atoms with Crippen molar-refractivity contribution in [3.8, 4) is 5.75 Å². The summed E-state index contributed by atoms with van der Waals surface area (Å²) in [5.74, 6) is -8.54. The molecule has 0 atom stereocenters. The average Bonchev–Trinajstić information content (AvgIpc) is 2.44. The number of halogens is 6. The molecule has 1 aromatic carbocycles. The fraction of sp³-hybridized carbons (Fsp3) is 0.625. The minimum atomic E-state index is -4.99. The summed E-state index contributed by atoms with van der Waals surface area (Å²) in [4.78, 5) is 0. The number of alkyl halides is 5. The lowest BCUT2D eigenvalue weighted by atomic mass is 9.94. The van der Waals surface area contributed by atoms with E-state index in [1.807, 2.05) is 33.8 Å². The van der Waals surface area contributed by atoms with E-state index in [0.717, 1.165) is 0 Å². The molecule has 0 heterocycles. The molecule has 0 radical (unpaired) electrons. The summed E-state index contributed by atoms with van der Waals surface area (Å²) < 4.78 is 95.7. The van der Waals surface area contributed by atoms with Crippen LogP contribution in [0.5, 0.6) is 5.75 Å². The Morgan fingerprint density at radius 2 is 1.38 bits per heavy atom. The Balaban J connectivity index is 0.000000590. The predicted octanol–water partition coefficient (Wildman–Crippen LogP) is 5.77. The molecule has 1 aromatic rings. The summed E-state index contributed by atoms with van der Waals surface area (Å²) in [6, 6.07) is 5.32. The van der Waals surface area contributed by atoms with Gasteiger partial charge >= 0.3 is 22.3 Å². The molecule has 1 rings (SSSR count). The molecule has 152 valence electrons. The first kappa shape index (κ1) is 24.6. The van der Waals surface area contributed by atoms with Crippen LogP contribution in [0.4, 0.5) is 25.8 Å². The minimum Gasteiger partial charge on any atom is -0.358 e. The lowest BCUT2D eigenvalue weighted by Crippen LogP contribution is -2.39. The third-order valence-corrected chi connectivity index (χ3v) is 3.68. The predicted molar refractivity (Wildman–Crippen MR) is 86.8 cm³/mol. The van der Waals surface area contributed by atoms with Crippen molar-refractivity contribution < 1.29 is 38.4 Å². The second-order valence-corrected chi connectivity index (χ2v) is 7.23. The van der Waals surface area contributed by atoms with Gasteiger partial charge in [0.2, 0.25) is 0 Å². The first-order valence-corrected chi connectivity index (χ1v) is 8.92. The van der Waals surface area contributed by atoms with E-state index in [9.17, 15) is 34.3 Å². The smallest absolute Gasteiger partial charge is 0.358 e. The van der Waals surface area contributed by atoms with Gasteiger partial charge in [0, 0.05) is 6.92 Å². The molecule has 0 aromatic heterocycles. The largest absolute Gasteiger partial charge is 0.488 e. The van der Waals surface area contributed by atoms with Gasteiger partial charge in [-0.2, -0.15) is 17.2 Å². The molecule has 0 saturated carbocycles. The molecule has 0 N–H and O–H groups in total. The first-order chi connectivity index (χ1) is 11.5. The molecule has 3 nitrogen and oxygen atoms in total. The molecule has 0 saturated heterocycles. The van der Waals surface area contributed by atoms with Gasteiger partial charge in [-0.25, -0.2) is 13.2 Å². The Labute approximate surface area is 149 Å². The van der Waals surface area contributed by atoms with E-state index in [-0.39, 0.29) is 24.5 Å². The monoisotopic (exact) mass is 408 g/mol. The second kappa shape index (κ2) is 8.96. The number of hydrogen-bond acceptors (Lipinski definition) is 3. The molecule has 0 aliphatic carbocycles. The molecule has 0 spiro atoms. The molecule has 0 amide bonds. The Bertz CT molecular complexity index is 655. The lowest BCUT2D eigenvalue weighted by Gasteiger charge is -2.18. The zero-order valence-electron chi connectivity index (χ0n) is 15.0. The van der Waals surface area contributed by atoms with Crippen molar-refractivity contribution in [1.29, 1.82) is 0 Å². The molecule has 0 aliphatic rings. The van der Waals surface area contributed by atoms with Gasteiger partial charge in [-0.05, 0) is 23.0 Å². The zero-order valence-corrected chi connectivity index (χ0v) is 15.8. The van der Waals surface area contributed by atoms with Crippen molar-refractivity contribution in [2.45, 2.75) is 58.3 Å². The van der Waals surface area contributed by atoms with E-state index in [4.69, 9.17) is 0 Å². The van der Waals surface area contributed by atoms with Gasteiger partial charge in [0.15, 0.2) is 12.4 Å². The van der Waals surface area contributed by atoms with Crippen molar-refractivity contribution in [3.63, 3.8) is 0 Å². The maximum atomic E-state index is 12.7. The normalized spacial score (nSPS) is 12.8. The lowest BCUT2D eigenvalue weighted by molar-refractivity contribution is -0.204. The third-order valence-electron chi connectivity index (χ3n) is 3.31. The van der Waals surface area contributed by atoms with E-state index in [1.54, 1.807) is 12.1 Å². The molecule has 10 heteroatoms. The fourth-order valence-corrected chi connectivity index (χ4v) is 2.19. The van der Waals surface area contributed by atoms with Crippen LogP contribution in [0.25, 0.3) is 0 Å². The van der Waals surface area contributed by atoms with E-state index >= 15 is 0 Å². The van der Waals surface area contributed by atoms with E-state index in [2.05, 4.69) is 4.18 Å². The van der Waals surface area contributed by atoms with Crippen LogP contribution in [0.2, 0.25) is 0 Å². The molecule has 0 bridgehead atoms. The summed E-state index contributed by atoms with van der Waals surface area (Å²) in [5.41, 5.74) is 1.38. The maximum Gasteiger partial charge on any atom is 0.488 e. The van der Waals surface area contributed by atoms with Crippen LogP contribution in [0.3, 0.4) is 0 Å². The number of rotatable bonds is 6. The van der Waals surface area contributed by atoms with Gasteiger partial charge in [0.1, 0.15) is 0 Å². The number of hydrogen-bond donors (Lipinski definition) is 0. The van der Waals surface area contributed by atoms with Gasteiger partial charge in [-0.15, -0.1) is 0 Å². The molecular weight excluding hydrogens is 386 g/mol. The molecule has 0 unspecified atom stereocenters. The van der Waals surface area contributed by atoms with Crippen molar-refractivity contribution in [2.24, 2.45) is 0 Å². The Hall–Kier alpha value is -1.45. The van der Waals surface area contributed by atoms with Crippen LogP contribution in [0.1, 0.15) is 57.6 Å². The van der Waals surface area contributed by atoms with Gasteiger partial charge in [0.05, 0.1) is 0 Å². The fourth-order valence-electron chi connectivity index (χ4n) is 1.80. The van der Waals surface area contributed by atoms with Crippen LogP contribution < -0.4 is 4.18 Å². The minimum absolute atomic E-state index is 0.0213. The van der Waals surface area contributed by atoms with Crippen molar-refractivity contribution >= 4 is 10.5 Å². The standard InChI is InChI=1S/C12H17FO3S.C4H5F5/c1-8(2)10-6-5-7-11(9(3)4)12(10)16-17(13,14)15;1-3(6,7)4(8,9)2-5/h5-9H,1-4H3;2H2,1H3. The van der Waals surface area contributed by atoms with E-state index < -0.39 is 29.0 Å². The summed E-state index contributed by atoms with van der Waals surface area (Å²) >= 11 is 0. The molecule has 26 heavy (non-hydrogen) atoms. The summed E-state index contributed by atoms with van der Waals surface area (Å²) in [7, 11) is -4.99. The highest BCUT2D eigenvalue weighted by atomic mass is 32.3. The molecular formula is C16H22F6O3S. The van der Waals surface area contributed by atoms with E-state index in [1.165, 1.54) is 0 Å². The SMILES string of the molecule is CC(C)c1cccc(C(C)C)c1OS(=O)(=O)F.CC(F)(F)C(F)(F)CF. The Kier molecular flexibility index (Phi) is 8.46. The van der Waals surface area contributed by atoms with Crippen molar-refractivity contribution in [2.75, 3.05) is 6.67 Å². The molecule has 0 aliphatic heterocycles. The van der Waals surface area contributed by atoms with Crippen LogP contribution in [-0.4, -0.2) is 26.9 Å². The highest BCUT2D eigenvalue weighted by Crippen LogP contribution is 2.35.